The summed E-state index contributed by atoms with van der Waals surface area (Å²) < 4.78 is 3.32. The fraction of sp³-hybridized carbons (Fsp3) is 0.188. The number of aromatic nitrogens is 4. The third-order valence-electron chi connectivity index (χ3n) is 3.48. The second-order valence-electron chi connectivity index (χ2n) is 5.31. The van der Waals surface area contributed by atoms with Crippen molar-refractivity contribution in [2.45, 2.75) is 20.0 Å². The summed E-state index contributed by atoms with van der Waals surface area (Å²) in [6.45, 7) is 2.53. The maximum Gasteiger partial charge on any atom is 0.247 e. The van der Waals surface area contributed by atoms with Crippen LogP contribution >= 0.6 is 23.2 Å². The summed E-state index contributed by atoms with van der Waals surface area (Å²) >= 11 is 12.0. The van der Waals surface area contributed by atoms with Gasteiger partial charge in [0.05, 0.1) is 6.54 Å². The molecule has 6 nitrogen and oxygen atoms in total. The SMILES string of the molecule is Cc1ccnn1CC(=O)Nc1ccn(Cc2ccc(Cl)cc2Cl)n1. The van der Waals surface area contributed by atoms with Crippen molar-refractivity contribution in [1.29, 1.82) is 0 Å². The van der Waals surface area contributed by atoms with E-state index >= 15 is 0 Å². The molecule has 0 radical (unpaired) electrons. The normalized spacial score (nSPS) is 10.8. The molecule has 1 aromatic carbocycles. The van der Waals surface area contributed by atoms with Crippen molar-refractivity contribution < 1.29 is 4.79 Å². The van der Waals surface area contributed by atoms with Crippen molar-refractivity contribution in [1.82, 2.24) is 19.6 Å². The van der Waals surface area contributed by atoms with Crippen molar-refractivity contribution in [2.75, 3.05) is 5.32 Å². The van der Waals surface area contributed by atoms with Gasteiger partial charge in [-0.1, -0.05) is 29.3 Å². The van der Waals surface area contributed by atoms with Gasteiger partial charge in [0, 0.05) is 34.2 Å². The van der Waals surface area contributed by atoms with Gasteiger partial charge in [-0.2, -0.15) is 10.2 Å². The number of amides is 1. The Hall–Kier alpha value is -2.31. The van der Waals surface area contributed by atoms with Crippen LogP contribution in [0.25, 0.3) is 0 Å². The second-order valence-corrected chi connectivity index (χ2v) is 6.16. The Balaban J connectivity index is 1.63. The van der Waals surface area contributed by atoms with E-state index in [1.807, 2.05) is 19.1 Å². The zero-order valence-electron chi connectivity index (χ0n) is 12.9. The average Bonchev–Trinajstić information content (AvgIpc) is 3.12. The van der Waals surface area contributed by atoms with Crippen molar-refractivity contribution in [3.05, 3.63) is 64.0 Å². The Morgan fingerprint density at radius 2 is 2.08 bits per heavy atom. The van der Waals surface area contributed by atoms with E-state index in [2.05, 4.69) is 15.5 Å². The van der Waals surface area contributed by atoms with Gasteiger partial charge in [-0.15, -0.1) is 0 Å². The molecule has 0 aliphatic heterocycles. The fourth-order valence-electron chi connectivity index (χ4n) is 2.22. The minimum Gasteiger partial charge on any atom is -0.308 e. The van der Waals surface area contributed by atoms with E-state index in [4.69, 9.17) is 23.2 Å². The molecule has 0 unspecified atom stereocenters. The molecule has 2 aromatic heterocycles. The van der Waals surface area contributed by atoms with Crippen LogP contribution in [0.4, 0.5) is 5.82 Å². The average molecular weight is 364 g/mol. The van der Waals surface area contributed by atoms with Gasteiger partial charge < -0.3 is 5.32 Å². The predicted octanol–water partition coefficient (Wildman–Crippen LogP) is 3.38. The highest BCUT2D eigenvalue weighted by atomic mass is 35.5. The van der Waals surface area contributed by atoms with E-state index in [0.717, 1.165) is 11.3 Å². The molecule has 124 valence electrons. The Morgan fingerprint density at radius 3 is 2.79 bits per heavy atom. The Morgan fingerprint density at radius 1 is 1.25 bits per heavy atom. The molecule has 0 atom stereocenters. The van der Waals surface area contributed by atoms with Gasteiger partial charge in [-0.05, 0) is 30.7 Å². The van der Waals surface area contributed by atoms with Crippen molar-refractivity contribution in [3.8, 4) is 0 Å². The molecule has 0 saturated heterocycles. The molecule has 0 spiro atoms. The lowest BCUT2D eigenvalue weighted by Gasteiger charge is -2.06. The van der Waals surface area contributed by atoms with Crippen LogP contribution in [0.1, 0.15) is 11.3 Å². The Labute approximate surface area is 149 Å². The lowest BCUT2D eigenvalue weighted by atomic mass is 10.2. The van der Waals surface area contributed by atoms with Gasteiger partial charge in [-0.3, -0.25) is 14.2 Å². The molecule has 0 aliphatic carbocycles. The summed E-state index contributed by atoms with van der Waals surface area (Å²) in [6, 6.07) is 8.90. The van der Waals surface area contributed by atoms with Crippen LogP contribution in [0.3, 0.4) is 0 Å². The van der Waals surface area contributed by atoms with Crippen molar-refractivity contribution >= 4 is 34.9 Å². The Bertz CT molecular complexity index is 871. The summed E-state index contributed by atoms with van der Waals surface area (Å²) in [6.07, 6.45) is 3.44. The summed E-state index contributed by atoms with van der Waals surface area (Å²) in [5.41, 5.74) is 1.82. The maximum absolute atomic E-state index is 12.0. The van der Waals surface area contributed by atoms with Crippen molar-refractivity contribution in [2.24, 2.45) is 0 Å². The highest BCUT2D eigenvalue weighted by Crippen LogP contribution is 2.21. The smallest absolute Gasteiger partial charge is 0.247 e. The molecule has 3 aromatic rings. The number of nitrogens with one attached hydrogen (secondary N) is 1. The van der Waals surface area contributed by atoms with Gasteiger partial charge in [0.15, 0.2) is 5.82 Å². The number of hydrogen-bond acceptors (Lipinski definition) is 3. The van der Waals surface area contributed by atoms with Gasteiger partial charge in [0.1, 0.15) is 6.54 Å². The third kappa shape index (κ3) is 3.96. The first kappa shape index (κ1) is 16.5. The van der Waals surface area contributed by atoms with Gasteiger partial charge >= 0.3 is 0 Å². The third-order valence-corrected chi connectivity index (χ3v) is 4.06. The van der Waals surface area contributed by atoms with Gasteiger partial charge in [-0.25, -0.2) is 0 Å². The van der Waals surface area contributed by atoms with E-state index in [9.17, 15) is 4.79 Å². The molecule has 0 saturated carbocycles. The predicted molar refractivity (Wildman–Crippen MR) is 93.4 cm³/mol. The molecule has 1 N–H and O–H groups in total. The number of hydrogen-bond donors (Lipinski definition) is 1. The zero-order valence-corrected chi connectivity index (χ0v) is 14.4. The topological polar surface area (TPSA) is 64.7 Å². The minimum atomic E-state index is -0.184. The number of halogens is 2. The van der Waals surface area contributed by atoms with Crippen molar-refractivity contribution in [3.63, 3.8) is 0 Å². The maximum atomic E-state index is 12.0. The first-order valence-corrected chi connectivity index (χ1v) is 8.02. The molecule has 3 rings (SSSR count). The van der Waals surface area contributed by atoms with E-state index in [-0.39, 0.29) is 12.5 Å². The minimum absolute atomic E-state index is 0.148. The van der Waals surface area contributed by atoms with Crippen LogP contribution in [0.5, 0.6) is 0 Å². The lowest BCUT2D eigenvalue weighted by molar-refractivity contribution is -0.117. The monoisotopic (exact) mass is 363 g/mol. The Kier molecular flexibility index (Phi) is 4.87. The number of aryl methyl sites for hydroxylation is 1. The number of anilines is 1. The van der Waals surface area contributed by atoms with Crippen LogP contribution < -0.4 is 5.32 Å². The second kappa shape index (κ2) is 7.07. The highest BCUT2D eigenvalue weighted by molar-refractivity contribution is 6.35. The number of carbonyl (C=O) groups excluding carboxylic acids is 1. The van der Waals surface area contributed by atoms with E-state index < -0.39 is 0 Å². The summed E-state index contributed by atoms with van der Waals surface area (Å²) in [7, 11) is 0. The van der Waals surface area contributed by atoms with Crippen LogP contribution in [-0.4, -0.2) is 25.5 Å². The molecule has 0 aliphatic rings. The first-order chi connectivity index (χ1) is 11.5. The van der Waals surface area contributed by atoms with Gasteiger partial charge in [0.2, 0.25) is 5.91 Å². The molecule has 0 fully saturated rings. The number of rotatable bonds is 5. The molecule has 1 amide bonds. The number of benzene rings is 1. The van der Waals surface area contributed by atoms with Gasteiger partial charge in [0.25, 0.3) is 0 Å². The lowest BCUT2D eigenvalue weighted by Crippen LogP contribution is -2.20. The molecule has 2 heterocycles. The largest absolute Gasteiger partial charge is 0.308 e. The molecule has 0 bridgehead atoms. The molecular weight excluding hydrogens is 349 g/mol. The van der Waals surface area contributed by atoms with Crippen LogP contribution in [-0.2, 0) is 17.9 Å². The molecule has 24 heavy (non-hydrogen) atoms. The summed E-state index contributed by atoms with van der Waals surface area (Å²) in [5, 5.41) is 12.3. The first-order valence-electron chi connectivity index (χ1n) is 7.27. The zero-order chi connectivity index (χ0) is 17.1. The van der Waals surface area contributed by atoms with E-state index in [0.29, 0.717) is 22.4 Å². The molecule has 8 heteroatoms. The number of nitrogens with zero attached hydrogens (tertiary/aromatic N) is 4. The van der Waals surface area contributed by atoms with Crippen LogP contribution in [0, 0.1) is 6.92 Å². The van der Waals surface area contributed by atoms with Crippen LogP contribution in [0.2, 0.25) is 10.0 Å². The standard InChI is InChI=1S/C16H15Cl2N5O/c1-11-4-6-19-23(11)10-16(24)20-15-5-7-22(21-15)9-12-2-3-13(17)8-14(12)18/h2-8H,9-10H2,1H3,(H,20,21,24). The highest BCUT2D eigenvalue weighted by Gasteiger charge is 2.09. The molecular formula is C16H15Cl2N5O. The van der Waals surface area contributed by atoms with E-state index in [1.54, 1.807) is 40.0 Å². The summed E-state index contributed by atoms with van der Waals surface area (Å²) in [5.74, 6) is 0.298. The summed E-state index contributed by atoms with van der Waals surface area (Å²) in [4.78, 5) is 12.0. The van der Waals surface area contributed by atoms with E-state index in [1.165, 1.54) is 0 Å². The number of carbonyl (C=O) groups is 1. The fourth-order valence-corrected chi connectivity index (χ4v) is 2.69. The van der Waals surface area contributed by atoms with Crippen LogP contribution in [0.15, 0.2) is 42.7 Å². The quantitative estimate of drug-likeness (QED) is 0.755.